The summed E-state index contributed by atoms with van der Waals surface area (Å²) in [5, 5.41) is 12.6. The number of carboxylic acids is 1. The van der Waals surface area contributed by atoms with Gasteiger partial charge in [0.05, 0.1) is 17.2 Å². The molecule has 25 heavy (non-hydrogen) atoms. The first-order valence-corrected chi connectivity index (χ1v) is 8.42. The van der Waals surface area contributed by atoms with Crippen LogP contribution in [0.25, 0.3) is 10.9 Å². The van der Waals surface area contributed by atoms with E-state index in [0.717, 1.165) is 24.8 Å². The van der Waals surface area contributed by atoms with Gasteiger partial charge in [-0.2, -0.15) is 0 Å². The molecule has 7 heteroatoms. The lowest BCUT2D eigenvalue weighted by molar-refractivity contribution is -0.149. The summed E-state index contributed by atoms with van der Waals surface area (Å²) in [6, 6.07) is 5.31. The minimum absolute atomic E-state index is 0.245. The number of amides is 1. The molecule has 0 saturated heterocycles. The largest absolute Gasteiger partial charge is 0.480 e. The third-order valence-corrected chi connectivity index (χ3v) is 4.86. The Balaban J connectivity index is 1.83. The molecule has 1 aromatic carbocycles. The highest BCUT2D eigenvalue weighted by atomic mass is 16.4. The zero-order valence-electron chi connectivity index (χ0n) is 14.1. The smallest absolute Gasteiger partial charge is 0.329 e. The molecular weight excluding hydrogens is 322 g/mol. The average molecular weight is 343 g/mol. The van der Waals surface area contributed by atoms with Crippen LogP contribution in [0.2, 0.25) is 0 Å². The van der Waals surface area contributed by atoms with Gasteiger partial charge in [-0.25, -0.2) is 9.78 Å². The molecule has 3 rings (SSSR count). The molecular formula is C18H21N3O4. The number of rotatable bonds is 4. The molecule has 1 aliphatic rings. The molecule has 0 unspecified atom stereocenters. The van der Waals surface area contributed by atoms with Crippen molar-refractivity contribution >= 4 is 22.8 Å². The van der Waals surface area contributed by atoms with Crippen molar-refractivity contribution in [2.75, 3.05) is 0 Å². The molecule has 2 N–H and O–H groups in total. The molecule has 1 saturated carbocycles. The summed E-state index contributed by atoms with van der Waals surface area (Å²) >= 11 is 0. The van der Waals surface area contributed by atoms with Crippen LogP contribution in [0, 0.1) is 6.92 Å². The van der Waals surface area contributed by atoms with Gasteiger partial charge in [-0.1, -0.05) is 31.4 Å². The number of hydrogen-bond donors (Lipinski definition) is 2. The highest BCUT2D eigenvalue weighted by molar-refractivity contribution is 5.87. The van der Waals surface area contributed by atoms with Gasteiger partial charge in [-0.15, -0.1) is 0 Å². The van der Waals surface area contributed by atoms with Gasteiger partial charge >= 0.3 is 5.97 Å². The van der Waals surface area contributed by atoms with Crippen molar-refractivity contribution in [1.82, 2.24) is 14.9 Å². The second-order valence-corrected chi connectivity index (χ2v) is 6.64. The minimum Gasteiger partial charge on any atom is -0.480 e. The Kier molecular flexibility index (Phi) is 4.57. The first-order valence-electron chi connectivity index (χ1n) is 8.42. The van der Waals surface area contributed by atoms with Crippen LogP contribution in [0.15, 0.2) is 29.3 Å². The maximum absolute atomic E-state index is 12.5. The van der Waals surface area contributed by atoms with Gasteiger partial charge in [0.1, 0.15) is 12.1 Å². The topological polar surface area (TPSA) is 101 Å². The number of hydrogen-bond acceptors (Lipinski definition) is 4. The molecule has 1 aliphatic carbocycles. The third-order valence-electron chi connectivity index (χ3n) is 4.86. The van der Waals surface area contributed by atoms with Crippen LogP contribution >= 0.6 is 0 Å². The molecule has 0 atom stereocenters. The maximum atomic E-state index is 12.5. The molecule has 0 bridgehead atoms. The summed E-state index contributed by atoms with van der Waals surface area (Å²) in [4.78, 5) is 40.8. The van der Waals surface area contributed by atoms with Gasteiger partial charge in [-0.05, 0) is 31.4 Å². The van der Waals surface area contributed by atoms with Crippen LogP contribution in [-0.2, 0) is 16.1 Å². The number of carboxylic acid groups (broad SMARTS) is 1. The van der Waals surface area contributed by atoms with Gasteiger partial charge in [-0.3, -0.25) is 14.2 Å². The zero-order chi connectivity index (χ0) is 18.0. The van der Waals surface area contributed by atoms with Crippen LogP contribution in [0.3, 0.4) is 0 Å². The molecule has 0 spiro atoms. The van der Waals surface area contributed by atoms with E-state index in [-0.39, 0.29) is 12.1 Å². The van der Waals surface area contributed by atoms with E-state index < -0.39 is 17.4 Å². The van der Waals surface area contributed by atoms with E-state index in [4.69, 9.17) is 0 Å². The fourth-order valence-corrected chi connectivity index (χ4v) is 3.46. The lowest BCUT2D eigenvalue weighted by Crippen LogP contribution is -2.56. The summed E-state index contributed by atoms with van der Waals surface area (Å²) in [6.07, 6.45) is 4.67. The number of para-hydroxylation sites is 1. The van der Waals surface area contributed by atoms with Crippen molar-refractivity contribution in [2.24, 2.45) is 0 Å². The van der Waals surface area contributed by atoms with Crippen molar-refractivity contribution in [3.8, 4) is 0 Å². The lowest BCUT2D eigenvalue weighted by atomic mass is 9.81. The molecule has 1 aromatic heterocycles. The number of benzene rings is 1. The predicted octanol–water partition coefficient (Wildman–Crippen LogP) is 1.61. The number of nitrogens with one attached hydrogen (secondary N) is 1. The van der Waals surface area contributed by atoms with E-state index in [1.54, 1.807) is 12.1 Å². The van der Waals surface area contributed by atoms with Gasteiger partial charge in [0, 0.05) is 0 Å². The molecule has 132 valence electrons. The van der Waals surface area contributed by atoms with Crippen LogP contribution in [0.4, 0.5) is 0 Å². The second-order valence-electron chi connectivity index (χ2n) is 6.64. The van der Waals surface area contributed by atoms with Crippen LogP contribution in [0.1, 0.15) is 37.7 Å². The normalized spacial score (nSPS) is 16.5. The number of aryl methyl sites for hydroxylation is 1. The summed E-state index contributed by atoms with van der Waals surface area (Å²) in [5.74, 6) is -1.50. The Bertz CT molecular complexity index is 882. The van der Waals surface area contributed by atoms with Gasteiger partial charge in [0.25, 0.3) is 5.56 Å². The summed E-state index contributed by atoms with van der Waals surface area (Å²) < 4.78 is 1.22. The van der Waals surface area contributed by atoms with Crippen LogP contribution in [0.5, 0.6) is 0 Å². The van der Waals surface area contributed by atoms with Crippen molar-refractivity contribution in [3.05, 3.63) is 40.4 Å². The third kappa shape index (κ3) is 3.26. The highest BCUT2D eigenvalue weighted by Gasteiger charge is 2.40. The predicted molar refractivity (Wildman–Crippen MR) is 92.3 cm³/mol. The summed E-state index contributed by atoms with van der Waals surface area (Å²) in [6.45, 7) is 1.62. The number of carbonyl (C=O) groups is 2. The highest BCUT2D eigenvalue weighted by Crippen LogP contribution is 2.28. The Hall–Kier alpha value is -2.70. The van der Waals surface area contributed by atoms with Crippen molar-refractivity contribution in [3.63, 3.8) is 0 Å². The number of nitrogens with zero attached hydrogens (tertiary/aromatic N) is 2. The number of aliphatic carboxylic acids is 1. The lowest BCUT2D eigenvalue weighted by Gasteiger charge is -2.34. The van der Waals surface area contributed by atoms with E-state index in [9.17, 15) is 19.5 Å². The molecule has 1 heterocycles. The van der Waals surface area contributed by atoms with E-state index in [1.165, 1.54) is 10.9 Å². The molecule has 0 radical (unpaired) electrons. The molecule has 0 aliphatic heterocycles. The van der Waals surface area contributed by atoms with Gasteiger partial charge < -0.3 is 10.4 Å². The van der Waals surface area contributed by atoms with Crippen molar-refractivity contribution in [2.45, 2.75) is 51.1 Å². The molecule has 1 amide bonds. The second kappa shape index (κ2) is 6.66. The average Bonchev–Trinajstić information content (AvgIpc) is 2.58. The summed E-state index contributed by atoms with van der Waals surface area (Å²) in [7, 11) is 0. The summed E-state index contributed by atoms with van der Waals surface area (Å²) in [5.41, 5.74) is -0.0339. The molecule has 1 fully saturated rings. The molecule has 2 aromatic rings. The quantitative estimate of drug-likeness (QED) is 0.878. The fourth-order valence-electron chi connectivity index (χ4n) is 3.46. The Morgan fingerprint density at radius 3 is 2.68 bits per heavy atom. The first kappa shape index (κ1) is 17.1. The number of fused-ring (bicyclic) bond motifs is 1. The minimum atomic E-state index is -1.22. The van der Waals surface area contributed by atoms with Gasteiger partial charge in [0.15, 0.2) is 0 Å². The van der Waals surface area contributed by atoms with E-state index >= 15 is 0 Å². The van der Waals surface area contributed by atoms with Gasteiger partial charge in [0.2, 0.25) is 5.91 Å². The van der Waals surface area contributed by atoms with E-state index in [2.05, 4.69) is 10.3 Å². The number of aromatic nitrogens is 2. The Labute approximate surface area is 144 Å². The standard InChI is InChI=1S/C18H21N3O4/c1-12-6-5-7-13-15(12)19-11-21(16(13)23)10-14(22)20-18(17(24)25)8-3-2-4-9-18/h5-7,11H,2-4,8-10H2,1H3,(H,20,22)(H,24,25). The van der Waals surface area contributed by atoms with E-state index in [0.29, 0.717) is 23.7 Å². The Morgan fingerprint density at radius 1 is 1.28 bits per heavy atom. The SMILES string of the molecule is Cc1cccc2c(=O)n(CC(=O)NC3(C(=O)O)CCCCC3)cnc12. The van der Waals surface area contributed by atoms with E-state index in [1.807, 2.05) is 13.0 Å². The zero-order valence-corrected chi connectivity index (χ0v) is 14.1. The fraction of sp³-hybridized carbons (Fsp3) is 0.444. The van der Waals surface area contributed by atoms with Crippen LogP contribution in [-0.4, -0.2) is 32.1 Å². The Morgan fingerprint density at radius 2 is 2.00 bits per heavy atom. The van der Waals surface area contributed by atoms with Crippen molar-refractivity contribution < 1.29 is 14.7 Å². The first-order chi connectivity index (χ1) is 11.9. The molecule has 7 nitrogen and oxygen atoms in total. The van der Waals surface area contributed by atoms with Crippen LogP contribution < -0.4 is 10.9 Å². The monoisotopic (exact) mass is 343 g/mol. The van der Waals surface area contributed by atoms with Crippen molar-refractivity contribution in [1.29, 1.82) is 0 Å². The number of carbonyl (C=O) groups excluding carboxylic acids is 1. The maximum Gasteiger partial charge on any atom is 0.329 e.